The summed E-state index contributed by atoms with van der Waals surface area (Å²) in [5, 5.41) is 5.40. The van der Waals surface area contributed by atoms with Crippen LogP contribution in [0.2, 0.25) is 0 Å². The minimum Gasteiger partial charge on any atom is -0.334 e. The van der Waals surface area contributed by atoms with Crippen LogP contribution < -0.4 is 16.4 Å². The summed E-state index contributed by atoms with van der Waals surface area (Å²) < 4.78 is 23.0. The minimum atomic E-state index is -3.02. The molecule has 2 rings (SSSR count). The molecule has 21 heavy (non-hydrogen) atoms. The van der Waals surface area contributed by atoms with E-state index in [1.807, 2.05) is 19.1 Å². The lowest BCUT2D eigenvalue weighted by Crippen LogP contribution is -2.44. The molecule has 1 aliphatic rings. The predicted octanol–water partition coefficient (Wildman–Crippen LogP) is 1.41. The van der Waals surface area contributed by atoms with Crippen molar-refractivity contribution in [2.45, 2.75) is 31.8 Å². The van der Waals surface area contributed by atoms with E-state index in [0.29, 0.717) is 18.5 Å². The average Bonchev–Trinajstić information content (AvgIpc) is 2.37. The minimum absolute atomic E-state index is 0.0179. The van der Waals surface area contributed by atoms with E-state index >= 15 is 0 Å². The van der Waals surface area contributed by atoms with Gasteiger partial charge in [0.05, 0.1) is 11.5 Å². The molecule has 1 fully saturated rings. The van der Waals surface area contributed by atoms with Gasteiger partial charge in [0, 0.05) is 17.8 Å². The highest BCUT2D eigenvalue weighted by Gasteiger charge is 2.25. The summed E-state index contributed by atoms with van der Waals surface area (Å²) in [6.45, 7) is 1.89. The summed E-state index contributed by atoms with van der Waals surface area (Å²) in [7, 11) is -3.02. The molecule has 1 aromatic carbocycles. The zero-order valence-corrected chi connectivity index (χ0v) is 12.8. The molecule has 6 nitrogen and oxygen atoms in total. The first kappa shape index (κ1) is 15.8. The van der Waals surface area contributed by atoms with Gasteiger partial charge in [-0.3, -0.25) is 0 Å². The highest BCUT2D eigenvalue weighted by Crippen LogP contribution is 2.15. The fraction of sp³-hybridized carbons (Fsp3) is 0.500. The molecule has 1 aromatic rings. The number of amides is 2. The van der Waals surface area contributed by atoms with Gasteiger partial charge in [-0.2, -0.15) is 0 Å². The van der Waals surface area contributed by atoms with Crippen molar-refractivity contribution in [1.82, 2.24) is 5.32 Å². The van der Waals surface area contributed by atoms with Crippen molar-refractivity contribution in [3.63, 3.8) is 0 Å². The van der Waals surface area contributed by atoms with Crippen LogP contribution in [0.4, 0.5) is 10.5 Å². The maximum atomic E-state index is 11.9. The van der Waals surface area contributed by atoms with E-state index in [0.717, 1.165) is 5.56 Å². The van der Waals surface area contributed by atoms with Gasteiger partial charge in [0.1, 0.15) is 0 Å². The van der Waals surface area contributed by atoms with Gasteiger partial charge in [0.15, 0.2) is 9.84 Å². The van der Waals surface area contributed by atoms with E-state index in [4.69, 9.17) is 5.73 Å². The van der Waals surface area contributed by atoms with Crippen molar-refractivity contribution < 1.29 is 13.2 Å². The van der Waals surface area contributed by atoms with Crippen molar-refractivity contribution in [1.29, 1.82) is 0 Å². The third-order valence-corrected chi connectivity index (χ3v) is 5.31. The normalized spacial score (nSPS) is 22.3. The lowest BCUT2D eigenvalue weighted by atomic mass is 10.1. The third-order valence-electron chi connectivity index (χ3n) is 3.49. The Labute approximate surface area is 125 Å². The van der Waals surface area contributed by atoms with Crippen molar-refractivity contribution in [2.75, 3.05) is 16.8 Å². The quantitative estimate of drug-likeness (QED) is 0.785. The van der Waals surface area contributed by atoms with Crippen LogP contribution in [0.15, 0.2) is 24.3 Å². The Bertz CT molecular complexity index is 596. The maximum absolute atomic E-state index is 11.9. The number of carbonyl (C=O) groups excluding carboxylic acids is 1. The topological polar surface area (TPSA) is 101 Å². The van der Waals surface area contributed by atoms with Gasteiger partial charge in [0.2, 0.25) is 0 Å². The number of nitrogens with one attached hydrogen (secondary N) is 2. The molecular weight excluding hydrogens is 290 g/mol. The fourth-order valence-electron chi connectivity index (χ4n) is 2.36. The van der Waals surface area contributed by atoms with Crippen LogP contribution in [0.1, 0.15) is 31.4 Å². The fourth-order valence-corrected chi connectivity index (χ4v) is 4.00. The first-order valence-electron chi connectivity index (χ1n) is 6.99. The highest BCUT2D eigenvalue weighted by atomic mass is 32.2. The molecule has 0 spiro atoms. The summed E-state index contributed by atoms with van der Waals surface area (Å²) in [5.74, 6) is 0.232. The van der Waals surface area contributed by atoms with Crippen LogP contribution in [-0.2, 0) is 9.84 Å². The van der Waals surface area contributed by atoms with Gasteiger partial charge in [0.25, 0.3) is 0 Å². The summed E-state index contributed by atoms with van der Waals surface area (Å²) in [5.41, 5.74) is 7.39. The molecule has 1 saturated heterocycles. The second-order valence-electron chi connectivity index (χ2n) is 5.46. The zero-order valence-electron chi connectivity index (χ0n) is 12.0. The van der Waals surface area contributed by atoms with E-state index in [9.17, 15) is 13.2 Å². The Morgan fingerprint density at radius 3 is 2.57 bits per heavy atom. The molecule has 1 heterocycles. The maximum Gasteiger partial charge on any atom is 0.319 e. The van der Waals surface area contributed by atoms with Crippen LogP contribution >= 0.6 is 0 Å². The molecule has 0 aliphatic carbocycles. The molecule has 2 amide bonds. The summed E-state index contributed by atoms with van der Waals surface area (Å²) in [6.07, 6.45) is 1.28. The highest BCUT2D eigenvalue weighted by molar-refractivity contribution is 7.91. The zero-order chi connectivity index (χ0) is 15.5. The first-order valence-corrected chi connectivity index (χ1v) is 8.81. The number of hydrogen-bond donors (Lipinski definition) is 3. The summed E-state index contributed by atoms with van der Waals surface area (Å²) in [6, 6.07) is 6.50. The first-order chi connectivity index (χ1) is 9.85. The van der Waals surface area contributed by atoms with Crippen LogP contribution in [-0.4, -0.2) is 32.0 Å². The number of sulfone groups is 1. The average molecular weight is 311 g/mol. The molecular formula is C14H21N3O3S. The van der Waals surface area contributed by atoms with E-state index in [1.54, 1.807) is 12.1 Å². The largest absolute Gasteiger partial charge is 0.334 e. The van der Waals surface area contributed by atoms with E-state index in [1.165, 1.54) is 0 Å². The Kier molecular flexibility index (Phi) is 4.84. The number of rotatable bonds is 3. The Hall–Kier alpha value is -1.60. The standard InChI is InChI=1S/C14H21N3O3S/c1-10(15)11-4-6-12(7-5-11)16-14(18)17-13-3-2-8-21(19,20)9-13/h4-7,10,13H,2-3,8-9,15H2,1H3,(H2,16,17,18). The Morgan fingerprint density at radius 1 is 1.33 bits per heavy atom. The van der Waals surface area contributed by atoms with Gasteiger partial charge in [-0.15, -0.1) is 0 Å². The van der Waals surface area contributed by atoms with Crippen molar-refractivity contribution in [3.05, 3.63) is 29.8 Å². The van der Waals surface area contributed by atoms with Crippen LogP contribution in [0, 0.1) is 0 Å². The lowest BCUT2D eigenvalue weighted by Gasteiger charge is -2.23. The summed E-state index contributed by atoms with van der Waals surface area (Å²) in [4.78, 5) is 11.9. The van der Waals surface area contributed by atoms with Gasteiger partial charge in [-0.05, 0) is 37.5 Å². The number of benzene rings is 1. The summed E-state index contributed by atoms with van der Waals surface area (Å²) >= 11 is 0. The molecule has 0 saturated carbocycles. The monoisotopic (exact) mass is 311 g/mol. The third kappa shape index (κ3) is 4.71. The molecule has 116 valence electrons. The molecule has 2 atom stereocenters. The predicted molar refractivity (Wildman–Crippen MR) is 82.9 cm³/mol. The smallest absolute Gasteiger partial charge is 0.319 e. The molecule has 4 N–H and O–H groups in total. The number of carbonyl (C=O) groups is 1. The second kappa shape index (κ2) is 6.44. The van der Waals surface area contributed by atoms with Gasteiger partial charge >= 0.3 is 6.03 Å². The number of anilines is 1. The van der Waals surface area contributed by atoms with E-state index < -0.39 is 9.84 Å². The van der Waals surface area contributed by atoms with Crippen LogP contribution in [0.5, 0.6) is 0 Å². The van der Waals surface area contributed by atoms with Crippen molar-refractivity contribution in [3.8, 4) is 0 Å². The molecule has 2 unspecified atom stereocenters. The number of nitrogens with two attached hydrogens (primary N) is 1. The molecule has 7 heteroatoms. The Morgan fingerprint density at radius 2 is 2.00 bits per heavy atom. The van der Waals surface area contributed by atoms with Crippen LogP contribution in [0.25, 0.3) is 0 Å². The molecule has 0 radical (unpaired) electrons. The van der Waals surface area contributed by atoms with E-state index in [2.05, 4.69) is 10.6 Å². The number of urea groups is 1. The van der Waals surface area contributed by atoms with Gasteiger partial charge in [-0.1, -0.05) is 12.1 Å². The second-order valence-corrected chi connectivity index (χ2v) is 7.69. The van der Waals surface area contributed by atoms with Gasteiger partial charge < -0.3 is 16.4 Å². The Balaban J connectivity index is 1.89. The molecule has 0 aromatic heterocycles. The lowest BCUT2D eigenvalue weighted by molar-refractivity contribution is 0.248. The van der Waals surface area contributed by atoms with Gasteiger partial charge in [-0.25, -0.2) is 13.2 Å². The van der Waals surface area contributed by atoms with Crippen LogP contribution in [0.3, 0.4) is 0 Å². The SMILES string of the molecule is CC(N)c1ccc(NC(=O)NC2CCCS(=O)(=O)C2)cc1. The number of hydrogen-bond acceptors (Lipinski definition) is 4. The van der Waals surface area contributed by atoms with E-state index in [-0.39, 0.29) is 29.6 Å². The van der Waals surface area contributed by atoms with Crippen molar-refractivity contribution >= 4 is 21.6 Å². The molecule has 0 bridgehead atoms. The van der Waals surface area contributed by atoms with Crippen molar-refractivity contribution in [2.24, 2.45) is 5.73 Å². The molecule has 1 aliphatic heterocycles.